The first-order valence-corrected chi connectivity index (χ1v) is 4.86. The normalized spacial score (nSPS) is 10.0. The van der Waals surface area contributed by atoms with E-state index in [4.69, 9.17) is 5.73 Å². The van der Waals surface area contributed by atoms with E-state index in [2.05, 4.69) is 37.0 Å². The van der Waals surface area contributed by atoms with E-state index in [9.17, 15) is 0 Å². The Morgan fingerprint density at radius 3 is 2.67 bits per heavy atom. The molecule has 1 heterocycles. The second-order valence-corrected chi connectivity index (χ2v) is 3.58. The second kappa shape index (κ2) is 4.49. The van der Waals surface area contributed by atoms with Gasteiger partial charge in [0.15, 0.2) is 0 Å². The monoisotopic (exact) mass is 222 g/mol. The molecular formula is C12H15ClN2. The number of hydrogen-bond acceptors (Lipinski definition) is 2. The summed E-state index contributed by atoms with van der Waals surface area (Å²) < 4.78 is 0. The van der Waals surface area contributed by atoms with Gasteiger partial charge in [0.1, 0.15) is 5.82 Å². The van der Waals surface area contributed by atoms with Crippen LogP contribution in [0.1, 0.15) is 18.1 Å². The minimum Gasteiger partial charge on any atom is -0.383 e. The average Bonchev–Trinajstić information content (AvgIpc) is 2.17. The smallest absolute Gasteiger partial charge is 0.127 e. The van der Waals surface area contributed by atoms with Crippen LogP contribution in [0.5, 0.6) is 0 Å². The maximum Gasteiger partial charge on any atom is 0.127 e. The van der Waals surface area contributed by atoms with E-state index in [1.807, 2.05) is 6.07 Å². The van der Waals surface area contributed by atoms with Crippen LogP contribution < -0.4 is 5.73 Å². The summed E-state index contributed by atoms with van der Waals surface area (Å²) in [6, 6.07) is 8.34. The van der Waals surface area contributed by atoms with Gasteiger partial charge in [0.2, 0.25) is 0 Å². The molecule has 0 saturated carbocycles. The van der Waals surface area contributed by atoms with E-state index in [-0.39, 0.29) is 12.4 Å². The molecule has 3 heteroatoms. The molecule has 0 amide bonds. The van der Waals surface area contributed by atoms with Gasteiger partial charge in [-0.05, 0) is 37.1 Å². The highest BCUT2D eigenvalue weighted by molar-refractivity contribution is 5.85. The zero-order valence-corrected chi connectivity index (χ0v) is 9.77. The number of nitrogen functional groups attached to an aromatic ring is 1. The third kappa shape index (κ3) is 2.21. The molecule has 2 rings (SSSR count). The average molecular weight is 223 g/mol. The Bertz CT molecular complexity index is 480. The molecule has 2 aromatic rings. The number of hydrogen-bond donors (Lipinski definition) is 1. The van der Waals surface area contributed by atoms with Crippen molar-refractivity contribution in [3.8, 4) is 0 Å². The van der Waals surface area contributed by atoms with Gasteiger partial charge in [0.05, 0.1) is 5.52 Å². The molecule has 0 aliphatic carbocycles. The Morgan fingerprint density at radius 2 is 2.00 bits per heavy atom. The molecule has 0 atom stereocenters. The molecule has 0 aliphatic rings. The zero-order chi connectivity index (χ0) is 10.1. The van der Waals surface area contributed by atoms with Crippen LogP contribution in [0, 0.1) is 6.92 Å². The minimum atomic E-state index is 0. The number of pyridine rings is 1. The first kappa shape index (κ1) is 11.8. The van der Waals surface area contributed by atoms with Gasteiger partial charge in [-0.15, -0.1) is 12.4 Å². The molecule has 80 valence electrons. The van der Waals surface area contributed by atoms with Gasteiger partial charge in [-0.25, -0.2) is 4.98 Å². The summed E-state index contributed by atoms with van der Waals surface area (Å²) in [6.45, 7) is 4.18. The molecule has 0 radical (unpaired) electrons. The Morgan fingerprint density at radius 1 is 1.27 bits per heavy atom. The van der Waals surface area contributed by atoms with E-state index in [1.54, 1.807) is 0 Å². The van der Waals surface area contributed by atoms with Gasteiger partial charge in [0, 0.05) is 5.39 Å². The number of rotatable bonds is 1. The molecule has 1 aromatic carbocycles. The van der Waals surface area contributed by atoms with Crippen molar-refractivity contribution in [3.63, 3.8) is 0 Å². The van der Waals surface area contributed by atoms with Crippen molar-refractivity contribution in [2.45, 2.75) is 20.3 Å². The Kier molecular flexibility index (Phi) is 3.53. The molecular weight excluding hydrogens is 208 g/mol. The van der Waals surface area contributed by atoms with Gasteiger partial charge in [-0.3, -0.25) is 0 Å². The largest absolute Gasteiger partial charge is 0.383 e. The lowest BCUT2D eigenvalue weighted by molar-refractivity contribution is 1.13. The van der Waals surface area contributed by atoms with E-state index in [1.165, 1.54) is 10.9 Å². The summed E-state index contributed by atoms with van der Waals surface area (Å²) in [6.07, 6.45) is 0.933. The van der Waals surface area contributed by atoms with Crippen molar-refractivity contribution in [1.29, 1.82) is 0 Å². The quantitative estimate of drug-likeness (QED) is 0.805. The van der Waals surface area contributed by atoms with Gasteiger partial charge in [0.25, 0.3) is 0 Å². The number of benzene rings is 1. The molecule has 2 N–H and O–H groups in total. The van der Waals surface area contributed by atoms with Gasteiger partial charge in [-0.1, -0.05) is 18.6 Å². The van der Waals surface area contributed by atoms with Crippen LogP contribution in [0.2, 0.25) is 0 Å². The maximum absolute atomic E-state index is 5.82. The van der Waals surface area contributed by atoms with Crippen LogP contribution in [-0.4, -0.2) is 4.98 Å². The number of nitrogens with zero attached hydrogens (tertiary/aromatic N) is 1. The first-order valence-electron chi connectivity index (χ1n) is 4.86. The molecule has 0 saturated heterocycles. The second-order valence-electron chi connectivity index (χ2n) is 3.58. The number of aryl methyl sites for hydroxylation is 2. The highest BCUT2D eigenvalue weighted by Crippen LogP contribution is 2.19. The number of halogens is 1. The van der Waals surface area contributed by atoms with Crippen LogP contribution in [-0.2, 0) is 6.42 Å². The molecule has 0 spiro atoms. The third-order valence-corrected chi connectivity index (χ3v) is 2.46. The lowest BCUT2D eigenvalue weighted by Gasteiger charge is -2.05. The van der Waals surface area contributed by atoms with E-state index < -0.39 is 0 Å². The number of fused-ring (bicyclic) bond motifs is 1. The van der Waals surface area contributed by atoms with Crippen LogP contribution in [0.4, 0.5) is 5.82 Å². The van der Waals surface area contributed by atoms with Crippen molar-refractivity contribution in [2.75, 3.05) is 5.73 Å². The topological polar surface area (TPSA) is 38.9 Å². The lowest BCUT2D eigenvalue weighted by atomic mass is 10.1. The van der Waals surface area contributed by atoms with Crippen molar-refractivity contribution < 1.29 is 0 Å². The number of nitrogens with two attached hydrogens (primary N) is 1. The molecule has 0 fully saturated rings. The fourth-order valence-electron chi connectivity index (χ4n) is 1.64. The first-order chi connectivity index (χ1) is 6.70. The standard InChI is InChI=1S/C12H14N2.ClH/c1-3-9-7-10-6-8(2)4-5-11(10)14-12(9)13;/h4-7H,3H2,1-2H3,(H2,13,14);1H. The minimum absolute atomic E-state index is 0. The summed E-state index contributed by atoms with van der Waals surface area (Å²) >= 11 is 0. The predicted molar refractivity (Wildman–Crippen MR) is 67.5 cm³/mol. The molecule has 2 nitrogen and oxygen atoms in total. The van der Waals surface area contributed by atoms with Crippen LogP contribution in [0.3, 0.4) is 0 Å². The Balaban J connectivity index is 0.00000112. The molecule has 1 aromatic heterocycles. The van der Waals surface area contributed by atoms with Crippen LogP contribution in [0.25, 0.3) is 10.9 Å². The van der Waals surface area contributed by atoms with Crippen LogP contribution >= 0.6 is 12.4 Å². The maximum atomic E-state index is 5.82. The Labute approximate surface area is 95.9 Å². The van der Waals surface area contributed by atoms with Crippen LogP contribution in [0.15, 0.2) is 24.3 Å². The summed E-state index contributed by atoms with van der Waals surface area (Å²) in [5, 5.41) is 1.18. The molecule has 15 heavy (non-hydrogen) atoms. The summed E-state index contributed by atoms with van der Waals surface area (Å²) in [5.74, 6) is 0.656. The lowest BCUT2D eigenvalue weighted by Crippen LogP contribution is -1.97. The number of aromatic nitrogens is 1. The van der Waals surface area contributed by atoms with Crippen molar-refractivity contribution >= 4 is 29.1 Å². The summed E-state index contributed by atoms with van der Waals surface area (Å²) in [4.78, 5) is 4.37. The van der Waals surface area contributed by atoms with Crippen molar-refractivity contribution in [3.05, 3.63) is 35.4 Å². The van der Waals surface area contributed by atoms with Gasteiger partial charge in [-0.2, -0.15) is 0 Å². The Hall–Kier alpha value is -1.28. The van der Waals surface area contributed by atoms with Gasteiger partial charge < -0.3 is 5.73 Å². The fourth-order valence-corrected chi connectivity index (χ4v) is 1.64. The van der Waals surface area contributed by atoms with Gasteiger partial charge >= 0.3 is 0 Å². The summed E-state index contributed by atoms with van der Waals surface area (Å²) in [7, 11) is 0. The SMILES string of the molecule is CCc1cc2cc(C)ccc2nc1N.Cl. The third-order valence-electron chi connectivity index (χ3n) is 2.46. The zero-order valence-electron chi connectivity index (χ0n) is 8.95. The summed E-state index contributed by atoms with van der Waals surface area (Å²) in [5.41, 5.74) is 9.18. The van der Waals surface area contributed by atoms with Crippen molar-refractivity contribution in [1.82, 2.24) is 4.98 Å². The van der Waals surface area contributed by atoms with E-state index >= 15 is 0 Å². The van der Waals surface area contributed by atoms with Crippen molar-refractivity contribution in [2.24, 2.45) is 0 Å². The van der Waals surface area contributed by atoms with E-state index in [0.29, 0.717) is 5.82 Å². The highest BCUT2D eigenvalue weighted by atomic mass is 35.5. The van der Waals surface area contributed by atoms with E-state index in [0.717, 1.165) is 17.5 Å². The molecule has 0 aliphatic heterocycles. The molecule has 0 unspecified atom stereocenters. The number of anilines is 1. The fraction of sp³-hybridized carbons (Fsp3) is 0.250. The predicted octanol–water partition coefficient (Wildman–Crippen LogP) is 3.11. The highest BCUT2D eigenvalue weighted by Gasteiger charge is 2.01. The molecule has 0 bridgehead atoms.